The first-order valence-corrected chi connectivity index (χ1v) is 5.59. The summed E-state index contributed by atoms with van der Waals surface area (Å²) < 4.78 is 10.9. The summed E-state index contributed by atoms with van der Waals surface area (Å²) in [6, 6.07) is 4.12. The fourth-order valence-corrected chi connectivity index (χ4v) is 1.82. The Kier molecular flexibility index (Phi) is 3.84. The molecule has 0 heterocycles. The summed E-state index contributed by atoms with van der Waals surface area (Å²) in [5.74, 6) is 1.85. The molecule has 2 nitrogen and oxygen atoms in total. The predicted molar refractivity (Wildman–Crippen MR) is 67.4 cm³/mol. The van der Waals surface area contributed by atoms with Crippen LogP contribution < -0.4 is 9.47 Å². The van der Waals surface area contributed by atoms with E-state index in [2.05, 4.69) is 32.9 Å². The van der Waals surface area contributed by atoms with E-state index in [1.165, 1.54) is 0 Å². The number of hydrogen-bond acceptors (Lipinski definition) is 2. The number of ether oxygens (including phenoxy) is 2. The number of benzene rings is 1. The molecule has 0 unspecified atom stereocenters. The van der Waals surface area contributed by atoms with Crippen LogP contribution in [0, 0.1) is 12.3 Å². The molecule has 0 saturated heterocycles. The van der Waals surface area contributed by atoms with Crippen molar-refractivity contribution < 1.29 is 9.47 Å². The zero-order valence-electron chi connectivity index (χ0n) is 11.2. The maximum Gasteiger partial charge on any atom is 0.126 e. The molecule has 0 fully saturated rings. The average molecular weight is 222 g/mol. The molecule has 0 amide bonds. The van der Waals surface area contributed by atoms with Crippen LogP contribution in [0.4, 0.5) is 0 Å². The molecule has 0 aromatic heterocycles. The van der Waals surface area contributed by atoms with Gasteiger partial charge in [-0.3, -0.25) is 0 Å². The molecular formula is C14H22O2. The zero-order valence-corrected chi connectivity index (χ0v) is 11.2. The lowest BCUT2D eigenvalue weighted by Gasteiger charge is -2.22. The van der Waals surface area contributed by atoms with Crippen molar-refractivity contribution in [2.24, 2.45) is 5.41 Å². The first kappa shape index (κ1) is 12.9. The fourth-order valence-electron chi connectivity index (χ4n) is 1.82. The van der Waals surface area contributed by atoms with Gasteiger partial charge in [0.1, 0.15) is 11.5 Å². The van der Waals surface area contributed by atoms with Gasteiger partial charge in [-0.2, -0.15) is 0 Å². The molecule has 90 valence electrons. The van der Waals surface area contributed by atoms with E-state index in [1.807, 2.05) is 6.92 Å². The van der Waals surface area contributed by atoms with Crippen molar-refractivity contribution in [1.82, 2.24) is 0 Å². The first-order chi connectivity index (χ1) is 7.37. The third-order valence-corrected chi connectivity index (χ3v) is 2.46. The van der Waals surface area contributed by atoms with Gasteiger partial charge in [0.25, 0.3) is 0 Å². The highest BCUT2D eigenvalue weighted by Crippen LogP contribution is 2.35. The van der Waals surface area contributed by atoms with Crippen LogP contribution >= 0.6 is 0 Å². The van der Waals surface area contributed by atoms with Crippen LogP contribution in [0.1, 0.15) is 31.9 Å². The van der Waals surface area contributed by atoms with Crippen LogP contribution in [0.15, 0.2) is 12.1 Å². The Hall–Kier alpha value is -1.18. The fraction of sp³-hybridized carbons (Fsp3) is 0.571. The summed E-state index contributed by atoms with van der Waals surface area (Å²) in [6.07, 6.45) is 0.944. The van der Waals surface area contributed by atoms with E-state index < -0.39 is 0 Å². The van der Waals surface area contributed by atoms with Crippen molar-refractivity contribution >= 4 is 0 Å². The van der Waals surface area contributed by atoms with Gasteiger partial charge in [-0.05, 0) is 36.5 Å². The number of rotatable bonds is 3. The molecule has 1 aromatic rings. The quantitative estimate of drug-likeness (QED) is 0.778. The summed E-state index contributed by atoms with van der Waals surface area (Å²) in [4.78, 5) is 0. The lowest BCUT2D eigenvalue weighted by molar-refractivity contribution is 0.355. The van der Waals surface area contributed by atoms with Crippen molar-refractivity contribution in [2.75, 3.05) is 14.2 Å². The van der Waals surface area contributed by atoms with Crippen molar-refractivity contribution in [1.29, 1.82) is 0 Å². The second-order valence-electron chi connectivity index (χ2n) is 5.39. The van der Waals surface area contributed by atoms with E-state index in [0.717, 1.165) is 29.0 Å². The Morgan fingerprint density at radius 2 is 1.44 bits per heavy atom. The lowest BCUT2D eigenvalue weighted by atomic mass is 9.87. The Labute approximate surface area is 98.6 Å². The Morgan fingerprint density at radius 3 is 1.75 bits per heavy atom. The highest BCUT2D eigenvalue weighted by Gasteiger charge is 2.19. The Morgan fingerprint density at radius 1 is 1.00 bits per heavy atom. The topological polar surface area (TPSA) is 18.5 Å². The SMILES string of the molecule is COc1cc(C)cc(OC)c1CC(C)(C)C. The highest BCUT2D eigenvalue weighted by atomic mass is 16.5. The number of aryl methyl sites for hydroxylation is 1. The van der Waals surface area contributed by atoms with Gasteiger partial charge in [-0.1, -0.05) is 20.8 Å². The molecule has 0 spiro atoms. The molecule has 1 rings (SSSR count). The lowest BCUT2D eigenvalue weighted by Crippen LogP contribution is -2.11. The summed E-state index contributed by atoms with van der Waals surface area (Å²) in [7, 11) is 3.42. The van der Waals surface area contributed by atoms with E-state index in [1.54, 1.807) is 14.2 Å². The third-order valence-electron chi connectivity index (χ3n) is 2.46. The molecule has 0 radical (unpaired) electrons. The summed E-state index contributed by atoms with van der Waals surface area (Å²) in [5, 5.41) is 0. The van der Waals surface area contributed by atoms with Gasteiger partial charge in [-0.25, -0.2) is 0 Å². The monoisotopic (exact) mass is 222 g/mol. The largest absolute Gasteiger partial charge is 0.496 e. The standard InChI is InChI=1S/C14H22O2/c1-10-7-12(15-5)11(9-14(2,3)4)13(8-10)16-6/h7-8H,9H2,1-6H3. The maximum absolute atomic E-state index is 5.43. The van der Waals surface area contributed by atoms with Gasteiger partial charge < -0.3 is 9.47 Å². The molecule has 2 heteroatoms. The average Bonchev–Trinajstić information content (AvgIpc) is 2.18. The van der Waals surface area contributed by atoms with Crippen molar-refractivity contribution in [3.8, 4) is 11.5 Å². The van der Waals surface area contributed by atoms with E-state index in [4.69, 9.17) is 9.47 Å². The molecule has 1 aromatic carbocycles. The van der Waals surface area contributed by atoms with Gasteiger partial charge in [-0.15, -0.1) is 0 Å². The van der Waals surface area contributed by atoms with Crippen LogP contribution in [0.25, 0.3) is 0 Å². The minimum absolute atomic E-state index is 0.218. The summed E-state index contributed by atoms with van der Waals surface area (Å²) >= 11 is 0. The third kappa shape index (κ3) is 3.16. The van der Waals surface area contributed by atoms with E-state index in [9.17, 15) is 0 Å². The minimum atomic E-state index is 0.218. The molecule has 0 N–H and O–H groups in total. The first-order valence-electron chi connectivity index (χ1n) is 5.59. The summed E-state index contributed by atoms with van der Waals surface area (Å²) in [5.41, 5.74) is 2.53. The van der Waals surface area contributed by atoms with E-state index >= 15 is 0 Å². The van der Waals surface area contributed by atoms with Gasteiger partial charge in [0.05, 0.1) is 14.2 Å². The molecule has 0 aliphatic rings. The minimum Gasteiger partial charge on any atom is -0.496 e. The van der Waals surface area contributed by atoms with Crippen molar-refractivity contribution in [3.05, 3.63) is 23.3 Å². The molecule has 0 atom stereocenters. The van der Waals surface area contributed by atoms with Crippen LogP contribution in [0.5, 0.6) is 11.5 Å². The highest BCUT2D eigenvalue weighted by molar-refractivity contribution is 5.48. The molecule has 0 aliphatic heterocycles. The van der Waals surface area contributed by atoms with Gasteiger partial charge in [0.2, 0.25) is 0 Å². The van der Waals surface area contributed by atoms with Gasteiger partial charge >= 0.3 is 0 Å². The van der Waals surface area contributed by atoms with Crippen LogP contribution in [0.3, 0.4) is 0 Å². The van der Waals surface area contributed by atoms with Crippen molar-refractivity contribution in [3.63, 3.8) is 0 Å². The van der Waals surface area contributed by atoms with Crippen LogP contribution in [-0.4, -0.2) is 14.2 Å². The Balaban J connectivity index is 3.22. The smallest absolute Gasteiger partial charge is 0.126 e. The van der Waals surface area contributed by atoms with E-state index in [0.29, 0.717) is 0 Å². The molecule has 0 saturated carbocycles. The van der Waals surface area contributed by atoms with Crippen LogP contribution in [-0.2, 0) is 6.42 Å². The van der Waals surface area contributed by atoms with E-state index in [-0.39, 0.29) is 5.41 Å². The van der Waals surface area contributed by atoms with Crippen LogP contribution in [0.2, 0.25) is 0 Å². The zero-order chi connectivity index (χ0) is 12.3. The second kappa shape index (κ2) is 4.77. The number of methoxy groups -OCH3 is 2. The second-order valence-corrected chi connectivity index (χ2v) is 5.39. The molecule has 0 bridgehead atoms. The van der Waals surface area contributed by atoms with Gasteiger partial charge in [0.15, 0.2) is 0 Å². The normalized spacial score (nSPS) is 11.4. The molecule has 0 aliphatic carbocycles. The van der Waals surface area contributed by atoms with Gasteiger partial charge in [0, 0.05) is 5.56 Å². The van der Waals surface area contributed by atoms with Crippen molar-refractivity contribution in [2.45, 2.75) is 34.1 Å². The summed E-state index contributed by atoms with van der Waals surface area (Å²) in [6.45, 7) is 8.69. The maximum atomic E-state index is 5.43. The molecular weight excluding hydrogens is 200 g/mol. The Bertz CT molecular complexity index is 336. The predicted octanol–water partition coefficient (Wildman–Crippen LogP) is 3.60. The molecule has 16 heavy (non-hydrogen) atoms. The number of hydrogen-bond donors (Lipinski definition) is 0.